The van der Waals surface area contributed by atoms with Crippen molar-refractivity contribution in [2.45, 2.75) is 13.5 Å². The molecule has 0 unspecified atom stereocenters. The summed E-state index contributed by atoms with van der Waals surface area (Å²) in [5, 5.41) is 0. The van der Waals surface area contributed by atoms with E-state index in [1.807, 2.05) is 0 Å². The first-order valence-corrected chi connectivity index (χ1v) is 4.28. The van der Waals surface area contributed by atoms with Gasteiger partial charge in [0, 0.05) is 5.56 Å². The second-order valence-corrected chi connectivity index (χ2v) is 2.90. The highest BCUT2D eigenvalue weighted by Gasteiger charge is 2.11. The predicted octanol–water partition coefficient (Wildman–Crippen LogP) is 1.79. The molecule has 0 bridgehead atoms. The van der Waals surface area contributed by atoms with E-state index in [1.165, 1.54) is 14.2 Å². The Morgan fingerprint density at radius 3 is 2.64 bits per heavy atom. The molecule has 1 aromatic rings. The maximum absolute atomic E-state index is 13.6. The minimum atomic E-state index is -0.256. The van der Waals surface area contributed by atoms with Gasteiger partial charge in [0.05, 0.1) is 20.8 Å². The van der Waals surface area contributed by atoms with Crippen LogP contribution in [-0.2, 0) is 11.4 Å². The maximum atomic E-state index is 13.6. The summed E-state index contributed by atoms with van der Waals surface area (Å²) < 4.78 is 18.6. The number of nitrogens with one attached hydrogen (secondary N) is 1. The zero-order valence-electron chi connectivity index (χ0n) is 8.56. The molecule has 14 heavy (non-hydrogen) atoms. The molecule has 0 spiro atoms. The zero-order chi connectivity index (χ0) is 10.6. The lowest BCUT2D eigenvalue weighted by atomic mass is 10.1. The van der Waals surface area contributed by atoms with Crippen molar-refractivity contribution in [3.8, 4) is 5.75 Å². The lowest BCUT2D eigenvalue weighted by Gasteiger charge is -2.11. The van der Waals surface area contributed by atoms with Crippen molar-refractivity contribution in [3.63, 3.8) is 0 Å². The molecule has 0 atom stereocenters. The molecule has 0 heterocycles. The van der Waals surface area contributed by atoms with Crippen LogP contribution in [0.25, 0.3) is 0 Å². The van der Waals surface area contributed by atoms with Gasteiger partial charge in [0.1, 0.15) is 11.6 Å². The molecule has 78 valence electrons. The Kier molecular flexibility index (Phi) is 3.85. The fraction of sp³-hybridized carbons (Fsp3) is 0.400. The quantitative estimate of drug-likeness (QED) is 0.750. The normalized spacial score (nSPS) is 10.3. The molecule has 0 saturated carbocycles. The van der Waals surface area contributed by atoms with Crippen LogP contribution in [0.15, 0.2) is 12.1 Å². The Bertz CT molecular complexity index is 315. The number of aryl methyl sites for hydroxylation is 1. The second kappa shape index (κ2) is 4.93. The van der Waals surface area contributed by atoms with Crippen molar-refractivity contribution in [1.82, 2.24) is 5.48 Å². The van der Waals surface area contributed by atoms with E-state index in [2.05, 4.69) is 10.3 Å². The monoisotopic (exact) mass is 199 g/mol. The van der Waals surface area contributed by atoms with Gasteiger partial charge >= 0.3 is 0 Å². The fourth-order valence-corrected chi connectivity index (χ4v) is 1.22. The summed E-state index contributed by atoms with van der Waals surface area (Å²) in [6.07, 6.45) is 0. The van der Waals surface area contributed by atoms with Gasteiger partial charge in [-0.2, -0.15) is 5.48 Å². The number of halogens is 1. The number of rotatable bonds is 4. The van der Waals surface area contributed by atoms with Gasteiger partial charge < -0.3 is 9.57 Å². The number of methoxy groups -OCH3 is 1. The first-order chi connectivity index (χ1) is 6.70. The van der Waals surface area contributed by atoms with Gasteiger partial charge in [-0.25, -0.2) is 4.39 Å². The average molecular weight is 199 g/mol. The number of benzene rings is 1. The van der Waals surface area contributed by atoms with Crippen LogP contribution in [0, 0.1) is 12.7 Å². The number of hydrogen-bond acceptors (Lipinski definition) is 3. The minimum absolute atomic E-state index is 0.256. The molecule has 3 nitrogen and oxygen atoms in total. The van der Waals surface area contributed by atoms with Crippen LogP contribution >= 0.6 is 0 Å². The summed E-state index contributed by atoms with van der Waals surface area (Å²) in [5.74, 6) is 0.270. The van der Waals surface area contributed by atoms with Crippen molar-refractivity contribution in [1.29, 1.82) is 0 Å². The molecule has 1 aromatic carbocycles. The number of hydroxylamine groups is 1. The Balaban J connectivity index is 3.01. The van der Waals surface area contributed by atoms with Crippen molar-refractivity contribution in [2.24, 2.45) is 0 Å². The smallest absolute Gasteiger partial charge is 0.134 e. The molecule has 0 aliphatic rings. The summed E-state index contributed by atoms with van der Waals surface area (Å²) in [5.41, 5.74) is 3.66. The van der Waals surface area contributed by atoms with Crippen molar-refractivity contribution >= 4 is 0 Å². The third kappa shape index (κ3) is 2.21. The minimum Gasteiger partial charge on any atom is -0.496 e. The number of ether oxygens (including phenoxy) is 1. The molecule has 1 rings (SSSR count). The summed E-state index contributed by atoms with van der Waals surface area (Å²) in [4.78, 5) is 4.67. The van der Waals surface area contributed by atoms with Gasteiger partial charge in [-0.05, 0) is 18.6 Å². The van der Waals surface area contributed by atoms with E-state index < -0.39 is 0 Å². The van der Waals surface area contributed by atoms with Gasteiger partial charge in [-0.3, -0.25) is 0 Å². The van der Waals surface area contributed by atoms with Crippen LogP contribution in [0.4, 0.5) is 4.39 Å². The van der Waals surface area contributed by atoms with Gasteiger partial charge in [-0.1, -0.05) is 6.07 Å². The molecule has 4 heteroatoms. The summed E-state index contributed by atoms with van der Waals surface area (Å²) in [7, 11) is 3.00. The molecule has 0 aromatic heterocycles. The van der Waals surface area contributed by atoms with Crippen molar-refractivity contribution in [3.05, 3.63) is 29.1 Å². The summed E-state index contributed by atoms with van der Waals surface area (Å²) in [6.45, 7) is 2.00. The van der Waals surface area contributed by atoms with Gasteiger partial charge in [0.2, 0.25) is 0 Å². The van der Waals surface area contributed by atoms with Crippen molar-refractivity contribution in [2.75, 3.05) is 14.2 Å². The molecule has 0 radical (unpaired) electrons. The lowest BCUT2D eigenvalue weighted by molar-refractivity contribution is 0.0852. The van der Waals surface area contributed by atoms with E-state index in [1.54, 1.807) is 19.1 Å². The topological polar surface area (TPSA) is 30.5 Å². The molecule has 0 saturated heterocycles. The van der Waals surface area contributed by atoms with Crippen LogP contribution in [0.3, 0.4) is 0 Å². The highest BCUT2D eigenvalue weighted by molar-refractivity contribution is 5.38. The van der Waals surface area contributed by atoms with Gasteiger partial charge in [0.15, 0.2) is 0 Å². The van der Waals surface area contributed by atoms with Crippen LogP contribution in [0.5, 0.6) is 5.75 Å². The highest BCUT2D eigenvalue weighted by Crippen LogP contribution is 2.23. The van der Waals surface area contributed by atoms with Crippen LogP contribution in [0.1, 0.15) is 11.1 Å². The standard InChI is InChI=1S/C10H14FNO2/c1-7-4-5-9(13-2)8(10(7)11)6-12-14-3/h4-5,12H,6H2,1-3H3. The SMILES string of the molecule is CONCc1c(OC)ccc(C)c1F. The van der Waals surface area contributed by atoms with Gasteiger partial charge in [-0.15, -0.1) is 0 Å². The predicted molar refractivity (Wildman–Crippen MR) is 51.5 cm³/mol. The lowest BCUT2D eigenvalue weighted by Crippen LogP contribution is -2.13. The van der Waals surface area contributed by atoms with E-state index in [4.69, 9.17) is 4.74 Å². The Morgan fingerprint density at radius 2 is 2.07 bits per heavy atom. The molecular formula is C10H14FNO2. The summed E-state index contributed by atoms with van der Waals surface area (Å²) >= 11 is 0. The first kappa shape index (κ1) is 10.9. The second-order valence-electron chi connectivity index (χ2n) is 2.90. The largest absolute Gasteiger partial charge is 0.496 e. The third-order valence-corrected chi connectivity index (χ3v) is 2.01. The highest BCUT2D eigenvalue weighted by atomic mass is 19.1. The molecule has 0 aliphatic carbocycles. The molecule has 1 N–H and O–H groups in total. The van der Waals surface area contributed by atoms with Crippen LogP contribution < -0.4 is 10.2 Å². The van der Waals surface area contributed by atoms with Crippen LogP contribution in [0.2, 0.25) is 0 Å². The molecular weight excluding hydrogens is 185 g/mol. The average Bonchev–Trinajstić information content (AvgIpc) is 2.20. The van der Waals surface area contributed by atoms with Crippen molar-refractivity contribution < 1.29 is 14.0 Å². The van der Waals surface area contributed by atoms with Crippen LogP contribution in [-0.4, -0.2) is 14.2 Å². The van der Waals surface area contributed by atoms with E-state index >= 15 is 0 Å². The molecule has 0 aliphatic heterocycles. The third-order valence-electron chi connectivity index (χ3n) is 2.01. The van der Waals surface area contributed by atoms with E-state index in [0.29, 0.717) is 16.9 Å². The first-order valence-electron chi connectivity index (χ1n) is 4.28. The molecule has 0 fully saturated rings. The zero-order valence-corrected chi connectivity index (χ0v) is 8.56. The Hall–Kier alpha value is -1.13. The maximum Gasteiger partial charge on any atom is 0.134 e. The van der Waals surface area contributed by atoms with E-state index in [9.17, 15) is 4.39 Å². The van der Waals surface area contributed by atoms with Gasteiger partial charge in [0.25, 0.3) is 0 Å². The Morgan fingerprint density at radius 1 is 1.36 bits per heavy atom. The van der Waals surface area contributed by atoms with E-state index in [0.717, 1.165) is 0 Å². The Labute approximate surface area is 82.8 Å². The van der Waals surface area contributed by atoms with E-state index in [-0.39, 0.29) is 12.4 Å². The molecule has 0 amide bonds. The fourth-order valence-electron chi connectivity index (χ4n) is 1.22. The summed E-state index contributed by atoms with van der Waals surface area (Å²) in [6, 6.07) is 3.43. The number of hydrogen-bond donors (Lipinski definition) is 1.